The third kappa shape index (κ3) is 4.54. The summed E-state index contributed by atoms with van der Waals surface area (Å²) in [6.45, 7) is 5.06. The number of amides is 1. The Hall–Kier alpha value is -2.54. The van der Waals surface area contributed by atoms with Crippen molar-refractivity contribution in [2.45, 2.75) is 40.0 Å². The second-order valence-corrected chi connectivity index (χ2v) is 5.96. The SMILES string of the molecule is CCC(=O)N(O)c1ccc(C(F)(F)F)cc1COc1ccc(C)cc1C. The second kappa shape index (κ2) is 7.78. The molecule has 0 aromatic heterocycles. The topological polar surface area (TPSA) is 49.8 Å². The molecule has 2 aromatic rings. The van der Waals surface area contributed by atoms with Crippen molar-refractivity contribution >= 4 is 11.6 Å². The largest absolute Gasteiger partial charge is 0.489 e. The summed E-state index contributed by atoms with van der Waals surface area (Å²) in [5, 5.41) is 10.4. The van der Waals surface area contributed by atoms with Crippen LogP contribution in [0.1, 0.15) is 35.6 Å². The van der Waals surface area contributed by atoms with Crippen molar-refractivity contribution in [3.63, 3.8) is 0 Å². The summed E-state index contributed by atoms with van der Waals surface area (Å²) < 4.78 is 44.7. The smallest absolute Gasteiger partial charge is 0.416 e. The summed E-state index contributed by atoms with van der Waals surface area (Å²) in [4.78, 5) is 11.7. The van der Waals surface area contributed by atoms with Gasteiger partial charge in [0.05, 0.1) is 11.3 Å². The molecule has 0 aliphatic carbocycles. The van der Waals surface area contributed by atoms with E-state index in [9.17, 15) is 23.2 Å². The Labute approximate surface area is 149 Å². The first-order chi connectivity index (χ1) is 12.1. The summed E-state index contributed by atoms with van der Waals surface area (Å²) in [6.07, 6.45) is -4.53. The Balaban J connectivity index is 2.37. The summed E-state index contributed by atoms with van der Waals surface area (Å²) in [6, 6.07) is 8.21. The van der Waals surface area contributed by atoms with Crippen LogP contribution in [0.5, 0.6) is 5.75 Å². The number of hydrogen-bond acceptors (Lipinski definition) is 3. The number of anilines is 1. The van der Waals surface area contributed by atoms with Gasteiger partial charge in [-0.3, -0.25) is 10.0 Å². The number of benzene rings is 2. The zero-order valence-corrected chi connectivity index (χ0v) is 14.7. The Morgan fingerprint density at radius 1 is 1.15 bits per heavy atom. The molecule has 0 heterocycles. The standard InChI is InChI=1S/C19H20F3NO3/c1-4-18(24)23(25)16-7-6-15(19(20,21)22)10-14(16)11-26-17-8-5-12(2)9-13(17)3/h5-10,25H,4,11H2,1-3H3. The van der Waals surface area contributed by atoms with Crippen molar-refractivity contribution in [3.05, 3.63) is 58.7 Å². The average molecular weight is 367 g/mol. The van der Waals surface area contributed by atoms with Gasteiger partial charge in [-0.2, -0.15) is 18.2 Å². The predicted molar refractivity (Wildman–Crippen MR) is 91.3 cm³/mol. The van der Waals surface area contributed by atoms with Crippen molar-refractivity contribution < 1.29 is 27.9 Å². The van der Waals surface area contributed by atoms with Gasteiger partial charge in [0.25, 0.3) is 0 Å². The van der Waals surface area contributed by atoms with E-state index in [0.29, 0.717) is 10.8 Å². The summed E-state index contributed by atoms with van der Waals surface area (Å²) >= 11 is 0. The van der Waals surface area contributed by atoms with Gasteiger partial charge in [0.15, 0.2) is 0 Å². The zero-order valence-electron chi connectivity index (χ0n) is 14.7. The number of hydrogen-bond donors (Lipinski definition) is 1. The molecular formula is C19H20F3NO3. The van der Waals surface area contributed by atoms with Crippen LogP contribution >= 0.6 is 0 Å². The maximum Gasteiger partial charge on any atom is 0.416 e. The molecule has 2 aromatic carbocycles. The number of nitrogens with zero attached hydrogens (tertiary/aromatic N) is 1. The first kappa shape index (κ1) is 19.8. The zero-order chi connectivity index (χ0) is 19.5. The molecule has 7 heteroatoms. The fourth-order valence-electron chi connectivity index (χ4n) is 2.48. The van der Waals surface area contributed by atoms with E-state index < -0.39 is 17.6 Å². The molecule has 26 heavy (non-hydrogen) atoms. The van der Waals surface area contributed by atoms with E-state index in [1.807, 2.05) is 26.0 Å². The molecule has 4 nitrogen and oxygen atoms in total. The first-order valence-corrected chi connectivity index (χ1v) is 8.05. The van der Waals surface area contributed by atoms with E-state index in [2.05, 4.69) is 0 Å². The van der Waals surface area contributed by atoms with Gasteiger partial charge in [0.1, 0.15) is 12.4 Å². The van der Waals surface area contributed by atoms with E-state index in [4.69, 9.17) is 4.74 Å². The van der Waals surface area contributed by atoms with Crippen LogP contribution in [-0.2, 0) is 17.6 Å². The fourth-order valence-corrected chi connectivity index (χ4v) is 2.48. The van der Waals surface area contributed by atoms with Crippen molar-refractivity contribution in [1.29, 1.82) is 0 Å². The Morgan fingerprint density at radius 3 is 2.42 bits per heavy atom. The summed E-state index contributed by atoms with van der Waals surface area (Å²) in [7, 11) is 0. The van der Waals surface area contributed by atoms with Crippen LogP contribution in [0, 0.1) is 13.8 Å². The van der Waals surface area contributed by atoms with Gasteiger partial charge in [0.2, 0.25) is 5.91 Å². The van der Waals surface area contributed by atoms with E-state index >= 15 is 0 Å². The minimum Gasteiger partial charge on any atom is -0.489 e. The molecule has 0 aliphatic heterocycles. The van der Waals surface area contributed by atoms with Gasteiger partial charge in [0, 0.05) is 12.0 Å². The molecule has 0 atom stereocenters. The van der Waals surface area contributed by atoms with Gasteiger partial charge < -0.3 is 4.74 Å². The molecule has 0 radical (unpaired) electrons. The quantitative estimate of drug-likeness (QED) is 0.595. The lowest BCUT2D eigenvalue weighted by atomic mass is 10.1. The molecule has 0 unspecified atom stereocenters. The average Bonchev–Trinajstić information content (AvgIpc) is 2.58. The first-order valence-electron chi connectivity index (χ1n) is 8.05. The van der Waals surface area contributed by atoms with Crippen LogP contribution in [0.15, 0.2) is 36.4 Å². The predicted octanol–water partition coefficient (Wildman–Crippen LogP) is 5.03. The van der Waals surface area contributed by atoms with Crippen molar-refractivity contribution in [3.8, 4) is 5.75 Å². The van der Waals surface area contributed by atoms with Crippen LogP contribution in [-0.4, -0.2) is 11.1 Å². The molecule has 1 N–H and O–H groups in total. The van der Waals surface area contributed by atoms with Gasteiger partial charge >= 0.3 is 6.18 Å². The fraction of sp³-hybridized carbons (Fsp3) is 0.316. The number of alkyl halides is 3. The summed E-state index contributed by atoms with van der Waals surface area (Å²) in [5.74, 6) is -0.109. The van der Waals surface area contributed by atoms with E-state index in [1.165, 1.54) is 0 Å². The lowest BCUT2D eigenvalue weighted by Gasteiger charge is -2.20. The molecule has 140 valence electrons. The number of carbonyl (C=O) groups excluding carboxylic acids is 1. The van der Waals surface area contributed by atoms with E-state index in [1.54, 1.807) is 13.0 Å². The number of aryl methyl sites for hydroxylation is 2. The highest BCUT2D eigenvalue weighted by Gasteiger charge is 2.31. The van der Waals surface area contributed by atoms with Crippen LogP contribution in [0.25, 0.3) is 0 Å². The highest BCUT2D eigenvalue weighted by molar-refractivity contribution is 5.91. The monoisotopic (exact) mass is 367 g/mol. The van der Waals surface area contributed by atoms with Gasteiger partial charge in [-0.1, -0.05) is 24.6 Å². The molecule has 0 spiro atoms. The maximum absolute atomic E-state index is 13.0. The van der Waals surface area contributed by atoms with Crippen molar-refractivity contribution in [2.75, 3.05) is 5.06 Å². The van der Waals surface area contributed by atoms with Gasteiger partial charge in [-0.25, -0.2) is 0 Å². The molecular weight excluding hydrogens is 347 g/mol. The number of ether oxygens (including phenoxy) is 1. The maximum atomic E-state index is 13.0. The highest BCUT2D eigenvalue weighted by Crippen LogP contribution is 2.33. The number of carbonyl (C=O) groups is 1. The third-order valence-electron chi connectivity index (χ3n) is 3.89. The lowest BCUT2D eigenvalue weighted by Crippen LogP contribution is -2.27. The molecule has 0 saturated heterocycles. The van der Waals surface area contributed by atoms with Crippen molar-refractivity contribution in [2.24, 2.45) is 0 Å². The minimum absolute atomic E-state index is 0.00882. The number of halogens is 3. The van der Waals surface area contributed by atoms with E-state index in [0.717, 1.165) is 29.3 Å². The normalized spacial score (nSPS) is 11.3. The Kier molecular flexibility index (Phi) is 5.92. The Morgan fingerprint density at radius 2 is 1.85 bits per heavy atom. The van der Waals surface area contributed by atoms with Crippen molar-refractivity contribution in [1.82, 2.24) is 0 Å². The number of rotatable bonds is 5. The van der Waals surface area contributed by atoms with E-state index in [-0.39, 0.29) is 24.3 Å². The Bertz CT molecular complexity index is 803. The van der Waals surface area contributed by atoms with Gasteiger partial charge in [-0.05, 0) is 43.7 Å². The summed E-state index contributed by atoms with van der Waals surface area (Å²) in [5.41, 5.74) is 1.02. The number of hydroxylamine groups is 1. The van der Waals surface area contributed by atoms with Crippen LogP contribution in [0.3, 0.4) is 0 Å². The molecule has 0 aliphatic rings. The van der Waals surface area contributed by atoms with Crippen LogP contribution < -0.4 is 9.80 Å². The molecule has 2 rings (SSSR count). The van der Waals surface area contributed by atoms with Crippen LogP contribution in [0.4, 0.5) is 18.9 Å². The molecule has 0 bridgehead atoms. The van der Waals surface area contributed by atoms with Crippen LogP contribution in [0.2, 0.25) is 0 Å². The minimum atomic E-state index is -4.54. The second-order valence-electron chi connectivity index (χ2n) is 5.96. The molecule has 0 fully saturated rings. The molecule has 1 amide bonds. The van der Waals surface area contributed by atoms with Gasteiger partial charge in [-0.15, -0.1) is 0 Å². The lowest BCUT2D eigenvalue weighted by molar-refractivity contribution is -0.137. The highest BCUT2D eigenvalue weighted by atomic mass is 19.4. The molecule has 0 saturated carbocycles. The third-order valence-corrected chi connectivity index (χ3v) is 3.89.